The molecule has 2 rings (SSSR count). The van der Waals surface area contributed by atoms with E-state index in [2.05, 4.69) is 15.8 Å². The first-order valence-electron chi connectivity index (χ1n) is 6.88. The highest BCUT2D eigenvalue weighted by Crippen LogP contribution is 2.18. The van der Waals surface area contributed by atoms with E-state index in [4.69, 9.17) is 4.84 Å². The van der Waals surface area contributed by atoms with E-state index in [1.165, 1.54) is 6.92 Å². The van der Waals surface area contributed by atoms with Gasteiger partial charge in [-0.15, -0.1) is 0 Å². The second kappa shape index (κ2) is 6.88. The van der Waals surface area contributed by atoms with Gasteiger partial charge in [-0.1, -0.05) is 17.3 Å². The first-order chi connectivity index (χ1) is 10.0. The van der Waals surface area contributed by atoms with Crippen LogP contribution in [-0.2, 0) is 14.4 Å². The second-order valence-corrected chi connectivity index (χ2v) is 5.05. The van der Waals surface area contributed by atoms with Gasteiger partial charge in [-0.3, -0.25) is 9.59 Å². The summed E-state index contributed by atoms with van der Waals surface area (Å²) in [5.74, 6) is -0.256. The van der Waals surface area contributed by atoms with Crippen LogP contribution in [0, 0.1) is 0 Å². The van der Waals surface area contributed by atoms with E-state index in [1.807, 2.05) is 12.1 Å². The molecule has 2 N–H and O–H groups in total. The predicted molar refractivity (Wildman–Crippen MR) is 80.1 cm³/mol. The summed E-state index contributed by atoms with van der Waals surface area (Å²) in [5.41, 5.74) is 2.26. The number of rotatable bonds is 6. The highest BCUT2D eigenvalue weighted by Gasteiger charge is 2.23. The van der Waals surface area contributed by atoms with Crippen LogP contribution in [0.15, 0.2) is 29.4 Å². The molecule has 1 aliphatic rings. The van der Waals surface area contributed by atoms with Crippen molar-refractivity contribution in [3.8, 4) is 0 Å². The first kappa shape index (κ1) is 15.0. The van der Waals surface area contributed by atoms with E-state index >= 15 is 0 Å². The van der Waals surface area contributed by atoms with Crippen LogP contribution < -0.4 is 10.6 Å². The Bertz CT molecular complexity index is 548. The number of hydrogen-bond donors (Lipinski definition) is 2. The Labute approximate surface area is 123 Å². The zero-order valence-corrected chi connectivity index (χ0v) is 12.2. The summed E-state index contributed by atoms with van der Waals surface area (Å²) in [6, 6.07) is 7.56. The summed E-state index contributed by atoms with van der Waals surface area (Å²) in [5, 5.41) is 9.43. The Morgan fingerprint density at radius 1 is 1.24 bits per heavy atom. The van der Waals surface area contributed by atoms with Gasteiger partial charge in [-0.2, -0.15) is 0 Å². The molecule has 0 aliphatic heterocycles. The summed E-state index contributed by atoms with van der Waals surface area (Å²) >= 11 is 0. The fourth-order valence-electron chi connectivity index (χ4n) is 1.74. The number of anilines is 1. The first-order valence-corrected chi connectivity index (χ1v) is 6.88. The average Bonchev–Trinajstić information content (AvgIpc) is 3.22. The monoisotopic (exact) mass is 289 g/mol. The Morgan fingerprint density at radius 2 is 1.90 bits per heavy atom. The lowest BCUT2D eigenvalue weighted by Gasteiger charge is -2.05. The van der Waals surface area contributed by atoms with Crippen LogP contribution in [0.3, 0.4) is 0 Å². The molecule has 2 amide bonds. The summed E-state index contributed by atoms with van der Waals surface area (Å²) in [6.45, 7) is 3.19. The van der Waals surface area contributed by atoms with Crippen LogP contribution in [0.2, 0.25) is 0 Å². The minimum atomic E-state index is -0.143. The third kappa shape index (κ3) is 5.25. The highest BCUT2D eigenvalue weighted by molar-refractivity contribution is 5.99. The number of benzene rings is 1. The molecule has 1 aromatic rings. The second-order valence-electron chi connectivity index (χ2n) is 5.05. The van der Waals surface area contributed by atoms with Crippen LogP contribution >= 0.6 is 0 Å². The Kier molecular flexibility index (Phi) is 4.92. The molecule has 1 saturated carbocycles. The zero-order valence-electron chi connectivity index (χ0n) is 12.2. The van der Waals surface area contributed by atoms with Gasteiger partial charge in [-0.25, -0.2) is 0 Å². The molecular formula is C15H19N3O3. The molecule has 0 spiro atoms. The van der Waals surface area contributed by atoms with Crippen molar-refractivity contribution in [1.29, 1.82) is 0 Å². The molecular weight excluding hydrogens is 270 g/mol. The third-order valence-corrected chi connectivity index (χ3v) is 2.96. The smallest absolute Gasteiger partial charge is 0.260 e. The van der Waals surface area contributed by atoms with Crippen molar-refractivity contribution in [2.45, 2.75) is 32.7 Å². The number of carbonyl (C=O) groups is 2. The molecule has 1 fully saturated rings. The maximum Gasteiger partial charge on any atom is 0.260 e. The van der Waals surface area contributed by atoms with E-state index < -0.39 is 0 Å². The van der Waals surface area contributed by atoms with Crippen molar-refractivity contribution in [2.24, 2.45) is 5.16 Å². The minimum Gasteiger partial charge on any atom is -0.385 e. The van der Waals surface area contributed by atoms with Gasteiger partial charge in [0, 0.05) is 18.7 Å². The lowest BCUT2D eigenvalue weighted by atomic mass is 10.1. The van der Waals surface area contributed by atoms with Crippen molar-refractivity contribution >= 4 is 23.2 Å². The van der Waals surface area contributed by atoms with Gasteiger partial charge in [0.1, 0.15) is 0 Å². The van der Waals surface area contributed by atoms with Crippen molar-refractivity contribution in [2.75, 3.05) is 11.9 Å². The van der Waals surface area contributed by atoms with Crippen LogP contribution in [0.1, 0.15) is 32.3 Å². The number of amides is 2. The van der Waals surface area contributed by atoms with Gasteiger partial charge in [0.25, 0.3) is 5.91 Å². The molecule has 0 unspecified atom stereocenters. The molecule has 0 saturated heterocycles. The summed E-state index contributed by atoms with van der Waals surface area (Å²) in [4.78, 5) is 27.4. The minimum absolute atomic E-state index is 0.0716. The largest absolute Gasteiger partial charge is 0.385 e. The Balaban J connectivity index is 1.83. The summed E-state index contributed by atoms with van der Waals surface area (Å²) in [6.07, 6.45) is 2.10. The summed E-state index contributed by atoms with van der Waals surface area (Å²) in [7, 11) is 0. The maximum absolute atomic E-state index is 11.4. The zero-order chi connectivity index (χ0) is 15.2. The topological polar surface area (TPSA) is 79.8 Å². The molecule has 21 heavy (non-hydrogen) atoms. The Hall–Kier alpha value is -2.37. The molecule has 1 aromatic carbocycles. The maximum atomic E-state index is 11.4. The number of nitrogens with zero attached hydrogens (tertiary/aromatic N) is 1. The fourth-order valence-corrected chi connectivity index (χ4v) is 1.74. The molecule has 0 heterocycles. The van der Waals surface area contributed by atoms with Crippen LogP contribution in [-0.4, -0.2) is 30.2 Å². The SMILES string of the molecule is CC(=O)Nc1ccc(/C(C)=N/OCC(=O)NC2CC2)cc1. The molecule has 0 radical (unpaired) electrons. The fraction of sp³-hybridized carbons (Fsp3) is 0.400. The molecule has 0 bridgehead atoms. The third-order valence-electron chi connectivity index (χ3n) is 2.96. The van der Waals surface area contributed by atoms with Gasteiger partial charge in [-0.05, 0) is 37.5 Å². The van der Waals surface area contributed by atoms with Gasteiger partial charge in [0.2, 0.25) is 5.91 Å². The number of nitrogens with one attached hydrogen (secondary N) is 2. The number of carbonyl (C=O) groups excluding carboxylic acids is 2. The van der Waals surface area contributed by atoms with E-state index in [9.17, 15) is 9.59 Å². The molecule has 0 atom stereocenters. The van der Waals surface area contributed by atoms with Crippen LogP contribution in [0.4, 0.5) is 5.69 Å². The standard InChI is InChI=1S/C15H19N3O3/c1-10(18-21-9-15(20)17-14-7-8-14)12-3-5-13(6-4-12)16-11(2)19/h3-6,14H,7-9H2,1-2H3,(H,16,19)(H,17,20)/b18-10+. The molecule has 6 nitrogen and oxygen atoms in total. The van der Waals surface area contributed by atoms with Crippen molar-refractivity contribution in [1.82, 2.24) is 5.32 Å². The average molecular weight is 289 g/mol. The van der Waals surface area contributed by atoms with E-state index in [1.54, 1.807) is 19.1 Å². The van der Waals surface area contributed by atoms with Crippen molar-refractivity contribution < 1.29 is 14.4 Å². The van der Waals surface area contributed by atoms with E-state index in [0.29, 0.717) is 11.8 Å². The molecule has 1 aliphatic carbocycles. The van der Waals surface area contributed by atoms with E-state index in [0.717, 1.165) is 24.1 Å². The highest BCUT2D eigenvalue weighted by atomic mass is 16.6. The molecule has 0 aromatic heterocycles. The van der Waals surface area contributed by atoms with Crippen LogP contribution in [0.25, 0.3) is 0 Å². The number of hydrogen-bond acceptors (Lipinski definition) is 4. The van der Waals surface area contributed by atoms with Crippen molar-refractivity contribution in [3.05, 3.63) is 29.8 Å². The lowest BCUT2D eigenvalue weighted by molar-refractivity contribution is -0.125. The predicted octanol–water partition coefficient (Wildman–Crippen LogP) is 1.66. The van der Waals surface area contributed by atoms with Crippen LogP contribution in [0.5, 0.6) is 0 Å². The molecule has 6 heteroatoms. The number of oxime groups is 1. The van der Waals surface area contributed by atoms with Crippen molar-refractivity contribution in [3.63, 3.8) is 0 Å². The van der Waals surface area contributed by atoms with Gasteiger partial charge >= 0.3 is 0 Å². The normalized spacial score (nSPS) is 14.5. The van der Waals surface area contributed by atoms with E-state index in [-0.39, 0.29) is 18.4 Å². The lowest BCUT2D eigenvalue weighted by Crippen LogP contribution is -2.28. The quantitative estimate of drug-likeness (QED) is 0.617. The Morgan fingerprint density at radius 3 is 2.48 bits per heavy atom. The molecule has 112 valence electrons. The van der Waals surface area contributed by atoms with Gasteiger partial charge in [0.05, 0.1) is 5.71 Å². The summed E-state index contributed by atoms with van der Waals surface area (Å²) < 4.78 is 0. The van der Waals surface area contributed by atoms with Gasteiger partial charge < -0.3 is 15.5 Å². The van der Waals surface area contributed by atoms with Gasteiger partial charge in [0.15, 0.2) is 6.61 Å².